The minimum atomic E-state index is -0.853. The van der Waals surface area contributed by atoms with Crippen LogP contribution in [0.25, 0.3) is 0 Å². The average molecular weight is 508 g/mol. The summed E-state index contributed by atoms with van der Waals surface area (Å²) in [5, 5.41) is 22.0. The van der Waals surface area contributed by atoms with Gasteiger partial charge in [-0.05, 0) is 25.7 Å². The molecule has 0 aromatic carbocycles. The van der Waals surface area contributed by atoms with Crippen LogP contribution < -0.4 is 5.32 Å². The third-order valence-electron chi connectivity index (χ3n) is 7.00. The van der Waals surface area contributed by atoms with E-state index in [0.29, 0.717) is 6.42 Å². The van der Waals surface area contributed by atoms with Crippen LogP contribution in [-0.4, -0.2) is 34.9 Å². The number of nitrogens with one attached hydrogen (secondary N) is 1. The Morgan fingerprint density at radius 1 is 0.639 bits per heavy atom. The summed E-state index contributed by atoms with van der Waals surface area (Å²) in [7, 11) is 0. The fourth-order valence-electron chi connectivity index (χ4n) is 4.51. The van der Waals surface area contributed by atoms with Crippen molar-refractivity contribution >= 4 is 5.91 Å². The van der Waals surface area contributed by atoms with Crippen LogP contribution in [0.4, 0.5) is 0 Å². The second-order valence-electron chi connectivity index (χ2n) is 10.5. The van der Waals surface area contributed by atoms with E-state index < -0.39 is 12.1 Å². The number of amides is 1. The Labute approximate surface area is 224 Å². The second-order valence-corrected chi connectivity index (χ2v) is 10.5. The van der Waals surface area contributed by atoms with Gasteiger partial charge in [-0.15, -0.1) is 0 Å². The number of rotatable bonds is 27. The Morgan fingerprint density at radius 2 is 1.06 bits per heavy atom. The second kappa shape index (κ2) is 28.4. The van der Waals surface area contributed by atoms with E-state index in [0.717, 1.165) is 19.3 Å². The van der Waals surface area contributed by atoms with Crippen LogP contribution in [-0.2, 0) is 4.79 Å². The number of unbranched alkanes of at least 4 members (excludes halogenated alkanes) is 19. The van der Waals surface area contributed by atoms with E-state index in [1.54, 1.807) is 13.0 Å². The summed E-state index contributed by atoms with van der Waals surface area (Å²) in [6, 6.07) is -0.631. The molecule has 0 rings (SSSR count). The van der Waals surface area contributed by atoms with Gasteiger partial charge in [0.15, 0.2) is 0 Å². The number of aliphatic hydroxyl groups is 2. The highest BCUT2D eigenvalue weighted by molar-refractivity contribution is 5.75. The molecule has 36 heavy (non-hydrogen) atoms. The lowest BCUT2D eigenvalue weighted by atomic mass is 10.0. The number of aliphatic hydroxyl groups excluding tert-OH is 2. The van der Waals surface area contributed by atoms with E-state index in [1.807, 2.05) is 6.08 Å². The summed E-state index contributed by atoms with van der Waals surface area (Å²) in [5.74, 6) is -0.163. The zero-order chi connectivity index (χ0) is 26.5. The highest BCUT2D eigenvalue weighted by atomic mass is 16.3. The Morgan fingerprint density at radius 3 is 1.50 bits per heavy atom. The standard InChI is InChI=1S/C32H61NO3/c1-3-5-6-7-8-9-10-11-12-13-14-15-16-17-18-19-20-21-22-23-24-25-26-27-28-31(35)30(29-34)33-32(36)4-2/h23-24,27-28,30-31,34-35H,3-22,25-26,29H2,1-2H3,(H,33,36)/b24-23+,28-27+. The van der Waals surface area contributed by atoms with Gasteiger partial charge in [0.2, 0.25) is 5.91 Å². The van der Waals surface area contributed by atoms with Crippen molar-refractivity contribution in [2.75, 3.05) is 6.61 Å². The van der Waals surface area contributed by atoms with E-state index in [2.05, 4.69) is 24.4 Å². The van der Waals surface area contributed by atoms with Crippen LogP contribution in [0.1, 0.15) is 155 Å². The molecule has 0 saturated heterocycles. The van der Waals surface area contributed by atoms with Crippen LogP contribution in [0, 0.1) is 0 Å². The molecule has 1 amide bonds. The third kappa shape index (κ3) is 24.6. The molecule has 0 aliphatic heterocycles. The smallest absolute Gasteiger partial charge is 0.220 e. The fraction of sp³-hybridized carbons (Fsp3) is 0.844. The monoisotopic (exact) mass is 507 g/mol. The van der Waals surface area contributed by atoms with E-state index in [-0.39, 0.29) is 12.5 Å². The van der Waals surface area contributed by atoms with Gasteiger partial charge < -0.3 is 15.5 Å². The number of carbonyl (C=O) groups excluding carboxylic acids is 1. The SMILES string of the molecule is CCCCCCCCCCCCCCCCCCCC/C=C/CC/C=C/C(O)C(CO)NC(=O)CC. The molecular weight excluding hydrogens is 446 g/mol. The van der Waals surface area contributed by atoms with Crippen molar-refractivity contribution in [2.45, 2.75) is 167 Å². The van der Waals surface area contributed by atoms with Crippen molar-refractivity contribution in [1.82, 2.24) is 5.32 Å². The van der Waals surface area contributed by atoms with Crippen molar-refractivity contribution in [3.63, 3.8) is 0 Å². The van der Waals surface area contributed by atoms with Gasteiger partial charge in [-0.25, -0.2) is 0 Å². The fourth-order valence-corrected chi connectivity index (χ4v) is 4.51. The average Bonchev–Trinajstić information content (AvgIpc) is 2.89. The summed E-state index contributed by atoms with van der Waals surface area (Å²) in [6.07, 6.45) is 36.0. The van der Waals surface area contributed by atoms with Crippen molar-refractivity contribution in [3.8, 4) is 0 Å². The van der Waals surface area contributed by atoms with E-state index in [1.165, 1.54) is 116 Å². The quantitative estimate of drug-likeness (QED) is 0.0770. The lowest BCUT2D eigenvalue weighted by Gasteiger charge is -2.19. The molecule has 0 radical (unpaired) electrons. The van der Waals surface area contributed by atoms with E-state index in [9.17, 15) is 15.0 Å². The van der Waals surface area contributed by atoms with Gasteiger partial charge in [-0.1, -0.05) is 147 Å². The molecule has 0 spiro atoms. The van der Waals surface area contributed by atoms with Gasteiger partial charge in [-0.2, -0.15) is 0 Å². The molecule has 0 aromatic rings. The first-order valence-corrected chi connectivity index (χ1v) is 15.6. The molecule has 0 aliphatic carbocycles. The van der Waals surface area contributed by atoms with Gasteiger partial charge in [0, 0.05) is 6.42 Å². The first kappa shape index (κ1) is 34.9. The lowest BCUT2D eigenvalue weighted by molar-refractivity contribution is -0.122. The molecule has 3 N–H and O–H groups in total. The van der Waals surface area contributed by atoms with Crippen LogP contribution in [0.5, 0.6) is 0 Å². The van der Waals surface area contributed by atoms with Crippen molar-refractivity contribution < 1.29 is 15.0 Å². The Bertz CT molecular complexity index is 518. The van der Waals surface area contributed by atoms with Gasteiger partial charge in [0.05, 0.1) is 18.8 Å². The Balaban J connectivity index is 3.37. The predicted octanol–water partition coefficient (Wildman–Crippen LogP) is 8.56. The molecule has 0 bridgehead atoms. The topological polar surface area (TPSA) is 69.6 Å². The first-order chi connectivity index (χ1) is 17.7. The van der Waals surface area contributed by atoms with Crippen LogP contribution >= 0.6 is 0 Å². The molecule has 2 unspecified atom stereocenters. The first-order valence-electron chi connectivity index (χ1n) is 15.6. The largest absolute Gasteiger partial charge is 0.394 e. The lowest BCUT2D eigenvalue weighted by Crippen LogP contribution is -2.44. The van der Waals surface area contributed by atoms with Crippen LogP contribution in [0.2, 0.25) is 0 Å². The maximum absolute atomic E-state index is 11.4. The minimum absolute atomic E-state index is 0.163. The zero-order valence-electron chi connectivity index (χ0n) is 24.0. The third-order valence-corrected chi connectivity index (χ3v) is 7.00. The van der Waals surface area contributed by atoms with Crippen LogP contribution in [0.15, 0.2) is 24.3 Å². The molecular formula is C32H61NO3. The maximum Gasteiger partial charge on any atom is 0.220 e. The van der Waals surface area contributed by atoms with Crippen molar-refractivity contribution in [1.29, 1.82) is 0 Å². The van der Waals surface area contributed by atoms with Gasteiger partial charge in [0.1, 0.15) is 0 Å². The molecule has 0 heterocycles. The number of hydrogen-bond acceptors (Lipinski definition) is 3. The maximum atomic E-state index is 11.4. The predicted molar refractivity (Wildman–Crippen MR) is 156 cm³/mol. The minimum Gasteiger partial charge on any atom is -0.394 e. The number of allylic oxidation sites excluding steroid dienone is 3. The van der Waals surface area contributed by atoms with Gasteiger partial charge >= 0.3 is 0 Å². The normalized spacial score (nSPS) is 13.6. The van der Waals surface area contributed by atoms with E-state index in [4.69, 9.17) is 0 Å². The Hall–Kier alpha value is -1.13. The number of hydrogen-bond donors (Lipinski definition) is 3. The highest BCUT2D eigenvalue weighted by Gasteiger charge is 2.17. The summed E-state index contributed by atoms with van der Waals surface area (Å²) in [5.41, 5.74) is 0. The molecule has 2 atom stereocenters. The van der Waals surface area contributed by atoms with E-state index >= 15 is 0 Å². The summed E-state index contributed by atoms with van der Waals surface area (Å²) >= 11 is 0. The van der Waals surface area contributed by atoms with Gasteiger partial charge in [-0.3, -0.25) is 4.79 Å². The molecule has 4 nitrogen and oxygen atoms in total. The molecule has 0 aliphatic rings. The summed E-state index contributed by atoms with van der Waals surface area (Å²) in [4.78, 5) is 11.4. The number of carbonyl (C=O) groups is 1. The molecule has 4 heteroatoms. The molecule has 0 saturated carbocycles. The highest BCUT2D eigenvalue weighted by Crippen LogP contribution is 2.14. The molecule has 212 valence electrons. The van der Waals surface area contributed by atoms with Crippen LogP contribution in [0.3, 0.4) is 0 Å². The van der Waals surface area contributed by atoms with Crippen molar-refractivity contribution in [2.24, 2.45) is 0 Å². The molecule has 0 aromatic heterocycles. The summed E-state index contributed by atoms with van der Waals surface area (Å²) in [6.45, 7) is 3.77. The zero-order valence-corrected chi connectivity index (χ0v) is 24.0. The van der Waals surface area contributed by atoms with Gasteiger partial charge in [0.25, 0.3) is 0 Å². The Kier molecular flexibility index (Phi) is 27.5. The molecule has 0 fully saturated rings. The summed E-state index contributed by atoms with van der Waals surface area (Å²) < 4.78 is 0. The van der Waals surface area contributed by atoms with Crippen molar-refractivity contribution in [3.05, 3.63) is 24.3 Å².